The lowest BCUT2D eigenvalue weighted by molar-refractivity contribution is -0.385. The zero-order valence-corrected chi connectivity index (χ0v) is 10.5. The zero-order chi connectivity index (χ0) is 13.1. The summed E-state index contributed by atoms with van der Waals surface area (Å²) in [5.74, 6) is 1.27. The predicted octanol–water partition coefficient (Wildman–Crippen LogP) is 1.47. The van der Waals surface area contributed by atoms with Gasteiger partial charge in [-0.3, -0.25) is 10.1 Å². The number of nitrogens with zero attached hydrogens (tertiary/aromatic N) is 3. The summed E-state index contributed by atoms with van der Waals surface area (Å²) in [6.45, 7) is 4.16. The predicted molar refractivity (Wildman–Crippen MR) is 69.6 cm³/mol. The van der Waals surface area contributed by atoms with E-state index in [9.17, 15) is 10.1 Å². The second kappa shape index (κ2) is 5.30. The molecule has 6 nitrogen and oxygen atoms in total. The van der Waals surface area contributed by atoms with Crippen molar-refractivity contribution in [1.29, 1.82) is 0 Å². The van der Waals surface area contributed by atoms with Crippen LogP contribution in [0.2, 0.25) is 0 Å². The third kappa shape index (κ3) is 2.59. The summed E-state index contributed by atoms with van der Waals surface area (Å²) in [7, 11) is 0. The average Bonchev–Trinajstić information content (AvgIpc) is 2.39. The fourth-order valence-electron chi connectivity index (χ4n) is 2.27. The number of aryl methyl sites for hydroxylation is 1. The Labute approximate surface area is 106 Å². The lowest BCUT2D eigenvalue weighted by atomic mass is 9.97. The second-order valence-electron chi connectivity index (χ2n) is 4.75. The molecule has 0 atom stereocenters. The van der Waals surface area contributed by atoms with Gasteiger partial charge >= 0.3 is 0 Å². The van der Waals surface area contributed by atoms with Gasteiger partial charge in [0.05, 0.1) is 11.0 Å². The minimum Gasteiger partial charge on any atom is -0.356 e. The maximum absolute atomic E-state index is 10.9. The summed E-state index contributed by atoms with van der Waals surface area (Å²) in [4.78, 5) is 16.9. The van der Waals surface area contributed by atoms with Crippen molar-refractivity contribution in [2.24, 2.45) is 11.7 Å². The van der Waals surface area contributed by atoms with Gasteiger partial charge in [-0.05, 0) is 32.2 Å². The number of hydrogen-bond acceptors (Lipinski definition) is 5. The molecule has 1 saturated heterocycles. The smallest absolute Gasteiger partial charge is 0.277 e. The third-order valence-electron chi connectivity index (χ3n) is 3.53. The minimum absolute atomic E-state index is 0.140. The summed E-state index contributed by atoms with van der Waals surface area (Å²) in [6.07, 6.45) is 3.63. The molecule has 6 heteroatoms. The van der Waals surface area contributed by atoms with E-state index in [0.29, 0.717) is 17.3 Å². The number of nitrogens with two attached hydrogens (primary N) is 1. The van der Waals surface area contributed by atoms with E-state index in [1.807, 2.05) is 0 Å². The Morgan fingerprint density at radius 2 is 2.22 bits per heavy atom. The van der Waals surface area contributed by atoms with E-state index < -0.39 is 0 Å². The Morgan fingerprint density at radius 3 is 2.78 bits per heavy atom. The quantitative estimate of drug-likeness (QED) is 0.648. The van der Waals surface area contributed by atoms with Gasteiger partial charge in [-0.2, -0.15) is 0 Å². The lowest BCUT2D eigenvalue weighted by Gasteiger charge is -2.32. The van der Waals surface area contributed by atoms with Crippen molar-refractivity contribution in [3.63, 3.8) is 0 Å². The highest BCUT2D eigenvalue weighted by Crippen LogP contribution is 2.25. The van der Waals surface area contributed by atoms with Gasteiger partial charge in [0.2, 0.25) is 0 Å². The van der Waals surface area contributed by atoms with Crippen LogP contribution < -0.4 is 10.6 Å². The van der Waals surface area contributed by atoms with Crippen LogP contribution in [0.3, 0.4) is 0 Å². The molecular weight excluding hydrogens is 232 g/mol. The number of rotatable bonds is 3. The Hall–Kier alpha value is -1.69. The monoisotopic (exact) mass is 250 g/mol. The van der Waals surface area contributed by atoms with Crippen LogP contribution in [-0.4, -0.2) is 29.5 Å². The third-order valence-corrected chi connectivity index (χ3v) is 3.53. The maximum Gasteiger partial charge on any atom is 0.277 e. The number of anilines is 1. The maximum atomic E-state index is 10.9. The molecule has 0 unspecified atom stereocenters. The fourth-order valence-corrected chi connectivity index (χ4v) is 2.27. The first kappa shape index (κ1) is 12.8. The van der Waals surface area contributed by atoms with Crippen LogP contribution in [0, 0.1) is 23.0 Å². The number of piperidine rings is 1. The highest BCUT2D eigenvalue weighted by Gasteiger charge is 2.21. The van der Waals surface area contributed by atoms with Crippen molar-refractivity contribution in [3.8, 4) is 0 Å². The van der Waals surface area contributed by atoms with E-state index in [1.165, 1.54) is 0 Å². The summed E-state index contributed by atoms with van der Waals surface area (Å²) < 4.78 is 0. The van der Waals surface area contributed by atoms with Crippen LogP contribution in [-0.2, 0) is 0 Å². The van der Waals surface area contributed by atoms with Crippen LogP contribution in [0.5, 0.6) is 0 Å². The zero-order valence-electron chi connectivity index (χ0n) is 10.5. The van der Waals surface area contributed by atoms with Crippen LogP contribution >= 0.6 is 0 Å². The number of hydrogen-bond donors (Lipinski definition) is 1. The van der Waals surface area contributed by atoms with Crippen molar-refractivity contribution >= 4 is 11.5 Å². The van der Waals surface area contributed by atoms with Gasteiger partial charge in [-0.1, -0.05) is 0 Å². The molecule has 0 aromatic carbocycles. The van der Waals surface area contributed by atoms with Gasteiger partial charge in [0, 0.05) is 24.8 Å². The van der Waals surface area contributed by atoms with Gasteiger partial charge < -0.3 is 10.6 Å². The van der Waals surface area contributed by atoms with Crippen molar-refractivity contribution in [3.05, 3.63) is 27.9 Å². The van der Waals surface area contributed by atoms with Gasteiger partial charge in [-0.25, -0.2) is 4.98 Å². The largest absolute Gasteiger partial charge is 0.356 e. The van der Waals surface area contributed by atoms with E-state index in [-0.39, 0.29) is 10.6 Å². The molecule has 2 N–H and O–H groups in total. The SMILES string of the molecule is Cc1cnc(N2CCC(CN)CC2)cc1[N+](=O)[O-]. The molecule has 1 aliphatic rings. The van der Waals surface area contributed by atoms with E-state index in [0.717, 1.165) is 32.5 Å². The molecule has 0 aliphatic carbocycles. The summed E-state index contributed by atoms with van der Waals surface area (Å²) in [6, 6.07) is 1.57. The first-order chi connectivity index (χ1) is 8.61. The summed E-state index contributed by atoms with van der Waals surface area (Å²) in [5, 5.41) is 10.9. The highest BCUT2D eigenvalue weighted by molar-refractivity contribution is 5.50. The normalized spacial score (nSPS) is 16.9. The van der Waals surface area contributed by atoms with Crippen molar-refractivity contribution in [2.45, 2.75) is 19.8 Å². The van der Waals surface area contributed by atoms with Crippen LogP contribution in [0.15, 0.2) is 12.3 Å². The van der Waals surface area contributed by atoms with Gasteiger partial charge in [0.15, 0.2) is 0 Å². The van der Waals surface area contributed by atoms with Gasteiger partial charge in [0.1, 0.15) is 5.82 Å². The van der Waals surface area contributed by atoms with E-state index in [4.69, 9.17) is 5.73 Å². The van der Waals surface area contributed by atoms with Gasteiger partial charge in [0.25, 0.3) is 5.69 Å². The number of aromatic nitrogens is 1. The van der Waals surface area contributed by atoms with E-state index in [2.05, 4.69) is 9.88 Å². The molecular formula is C12H18N4O2. The molecule has 2 rings (SSSR count). The van der Waals surface area contributed by atoms with Crippen LogP contribution in [0.4, 0.5) is 11.5 Å². The molecule has 0 spiro atoms. The van der Waals surface area contributed by atoms with E-state index >= 15 is 0 Å². The molecule has 0 amide bonds. The highest BCUT2D eigenvalue weighted by atomic mass is 16.6. The fraction of sp³-hybridized carbons (Fsp3) is 0.583. The molecule has 2 heterocycles. The average molecular weight is 250 g/mol. The minimum atomic E-state index is -0.354. The second-order valence-corrected chi connectivity index (χ2v) is 4.75. The Morgan fingerprint density at radius 1 is 1.56 bits per heavy atom. The molecule has 1 aliphatic heterocycles. The lowest BCUT2D eigenvalue weighted by Crippen LogP contribution is -2.36. The van der Waals surface area contributed by atoms with Crippen LogP contribution in [0.25, 0.3) is 0 Å². The first-order valence-corrected chi connectivity index (χ1v) is 6.18. The molecule has 98 valence electrons. The molecule has 18 heavy (non-hydrogen) atoms. The standard InChI is InChI=1S/C12H18N4O2/c1-9-8-14-12(6-11(9)16(17)18)15-4-2-10(7-13)3-5-15/h6,8,10H,2-5,7,13H2,1H3. The number of nitro groups is 1. The molecule has 1 fully saturated rings. The Kier molecular flexibility index (Phi) is 3.76. The van der Waals surface area contributed by atoms with Crippen molar-refractivity contribution in [2.75, 3.05) is 24.5 Å². The molecule has 0 bridgehead atoms. The van der Waals surface area contributed by atoms with E-state index in [1.54, 1.807) is 19.2 Å². The van der Waals surface area contributed by atoms with Crippen LogP contribution in [0.1, 0.15) is 18.4 Å². The first-order valence-electron chi connectivity index (χ1n) is 6.18. The van der Waals surface area contributed by atoms with Crippen molar-refractivity contribution in [1.82, 2.24) is 4.98 Å². The van der Waals surface area contributed by atoms with Gasteiger partial charge in [-0.15, -0.1) is 0 Å². The molecule has 1 aromatic heterocycles. The molecule has 1 aromatic rings. The molecule has 0 saturated carbocycles. The summed E-state index contributed by atoms with van der Waals surface area (Å²) >= 11 is 0. The Balaban J connectivity index is 2.15. The molecule has 0 radical (unpaired) electrons. The number of pyridine rings is 1. The van der Waals surface area contributed by atoms with Crippen molar-refractivity contribution < 1.29 is 4.92 Å². The topological polar surface area (TPSA) is 85.3 Å². The Bertz CT molecular complexity index is 442. The summed E-state index contributed by atoms with van der Waals surface area (Å²) in [5.41, 5.74) is 6.39.